The first kappa shape index (κ1) is 5.60. The molecule has 2 nitrogen and oxygen atoms in total. The van der Waals surface area contributed by atoms with Crippen LogP contribution in [0.5, 0.6) is 0 Å². The first-order chi connectivity index (χ1) is 3.79. The summed E-state index contributed by atoms with van der Waals surface area (Å²) in [5.74, 6) is 0.538. The van der Waals surface area contributed by atoms with Crippen molar-refractivity contribution in [2.24, 2.45) is 5.92 Å². The minimum absolute atomic E-state index is 0.0388. The lowest BCUT2D eigenvalue weighted by Gasteiger charge is -2.16. The van der Waals surface area contributed by atoms with Crippen molar-refractivity contribution in [1.82, 2.24) is 0 Å². The normalized spacial score (nSPS) is 29.6. The van der Waals surface area contributed by atoms with Crippen LogP contribution < -0.4 is 0 Å². The summed E-state index contributed by atoms with van der Waals surface area (Å²) < 4.78 is 4.75. The monoisotopic (exact) mass is 114 g/mol. The summed E-state index contributed by atoms with van der Waals surface area (Å²) in [6.45, 7) is 2.71. The van der Waals surface area contributed by atoms with Gasteiger partial charge in [0.1, 0.15) is 0 Å². The molecule has 2 heteroatoms. The van der Waals surface area contributed by atoms with E-state index in [1.165, 1.54) is 0 Å². The van der Waals surface area contributed by atoms with Gasteiger partial charge in [0.25, 0.3) is 0 Å². The summed E-state index contributed by atoms with van der Waals surface area (Å²) >= 11 is 0. The highest BCUT2D eigenvalue weighted by molar-refractivity contribution is 5.69. The van der Waals surface area contributed by atoms with Crippen molar-refractivity contribution >= 4 is 5.97 Å². The predicted octanol–water partition coefficient (Wildman–Crippen LogP) is 0.960. The Hall–Kier alpha value is -0.530. The van der Waals surface area contributed by atoms with E-state index in [4.69, 9.17) is 4.74 Å². The second-order valence-corrected chi connectivity index (χ2v) is 2.33. The molecule has 0 unspecified atom stereocenters. The smallest absolute Gasteiger partial charge is 0.305 e. The first-order valence-corrected chi connectivity index (χ1v) is 2.94. The molecule has 0 radical (unpaired) electrons. The molecule has 1 heterocycles. The second kappa shape index (κ2) is 2.16. The highest BCUT2D eigenvalue weighted by Gasteiger charge is 2.14. The van der Waals surface area contributed by atoms with Gasteiger partial charge < -0.3 is 4.74 Å². The van der Waals surface area contributed by atoms with Crippen LogP contribution in [0.2, 0.25) is 0 Å². The van der Waals surface area contributed by atoms with Crippen molar-refractivity contribution < 1.29 is 9.53 Å². The lowest BCUT2D eigenvalue weighted by atomic mass is 10.1. The van der Waals surface area contributed by atoms with Crippen LogP contribution in [0.1, 0.15) is 19.8 Å². The number of carbonyl (C=O) groups excluding carboxylic acids is 1. The predicted molar refractivity (Wildman–Crippen MR) is 29.4 cm³/mol. The third-order valence-corrected chi connectivity index (χ3v) is 1.37. The number of hydrogen-bond donors (Lipinski definition) is 0. The van der Waals surface area contributed by atoms with Crippen LogP contribution in [-0.2, 0) is 9.53 Å². The van der Waals surface area contributed by atoms with Gasteiger partial charge in [-0.05, 0) is 12.3 Å². The van der Waals surface area contributed by atoms with E-state index in [1.807, 2.05) is 0 Å². The number of carbonyl (C=O) groups is 1. The van der Waals surface area contributed by atoms with Crippen molar-refractivity contribution in [3.63, 3.8) is 0 Å². The molecule has 1 rings (SSSR count). The zero-order valence-electron chi connectivity index (χ0n) is 5.02. The third kappa shape index (κ3) is 1.22. The molecule has 0 aromatic rings. The average Bonchev–Trinajstić information content (AvgIpc) is 1.77. The largest absolute Gasteiger partial charge is 0.465 e. The molecule has 0 aromatic heterocycles. The van der Waals surface area contributed by atoms with Crippen LogP contribution in [0.4, 0.5) is 0 Å². The Labute approximate surface area is 48.8 Å². The molecule has 46 valence electrons. The Balaban J connectivity index is 2.29. The van der Waals surface area contributed by atoms with E-state index >= 15 is 0 Å². The van der Waals surface area contributed by atoms with Gasteiger partial charge >= 0.3 is 5.97 Å². The quantitative estimate of drug-likeness (QED) is 0.438. The minimum Gasteiger partial charge on any atom is -0.465 e. The molecule has 1 aliphatic rings. The average molecular weight is 114 g/mol. The Kier molecular flexibility index (Phi) is 1.51. The minimum atomic E-state index is -0.0388. The molecule has 0 saturated carbocycles. The first-order valence-electron chi connectivity index (χ1n) is 2.94. The maximum absolute atomic E-state index is 10.4. The molecular weight excluding hydrogens is 104 g/mol. The number of esters is 1. The Bertz CT molecular complexity index is 88.7. The van der Waals surface area contributed by atoms with Gasteiger partial charge in [0.2, 0.25) is 0 Å². The number of hydrogen-bond acceptors (Lipinski definition) is 2. The molecule has 0 spiro atoms. The lowest BCUT2D eigenvalue weighted by molar-refractivity contribution is -0.149. The van der Waals surface area contributed by atoms with E-state index in [2.05, 4.69) is 6.92 Å². The molecular formula is C6H10O2. The summed E-state index contributed by atoms with van der Waals surface area (Å²) in [5.41, 5.74) is 0. The van der Waals surface area contributed by atoms with Gasteiger partial charge in [0, 0.05) is 6.42 Å². The zero-order valence-corrected chi connectivity index (χ0v) is 5.02. The van der Waals surface area contributed by atoms with E-state index in [9.17, 15) is 4.79 Å². The molecule has 0 N–H and O–H groups in total. The van der Waals surface area contributed by atoms with Gasteiger partial charge in [-0.25, -0.2) is 0 Å². The number of cyclic esters (lactones) is 1. The Morgan fingerprint density at radius 2 is 2.50 bits per heavy atom. The van der Waals surface area contributed by atoms with Crippen LogP contribution in [0.3, 0.4) is 0 Å². The van der Waals surface area contributed by atoms with E-state index in [0.717, 1.165) is 6.42 Å². The van der Waals surface area contributed by atoms with Crippen LogP contribution >= 0.6 is 0 Å². The van der Waals surface area contributed by atoms with Crippen molar-refractivity contribution in [2.45, 2.75) is 19.8 Å². The number of rotatable bonds is 0. The van der Waals surface area contributed by atoms with Crippen molar-refractivity contribution in [3.8, 4) is 0 Å². The third-order valence-electron chi connectivity index (χ3n) is 1.37. The summed E-state index contributed by atoms with van der Waals surface area (Å²) in [6, 6.07) is 0. The molecule has 1 saturated heterocycles. The van der Waals surface area contributed by atoms with E-state index in [1.54, 1.807) is 0 Å². The van der Waals surface area contributed by atoms with E-state index in [-0.39, 0.29) is 5.97 Å². The van der Waals surface area contributed by atoms with Crippen molar-refractivity contribution in [2.75, 3.05) is 6.61 Å². The number of ether oxygens (including phenoxy) is 1. The molecule has 0 aromatic carbocycles. The topological polar surface area (TPSA) is 26.3 Å². The zero-order chi connectivity index (χ0) is 5.98. The molecule has 1 aliphatic heterocycles. The molecule has 0 aliphatic carbocycles. The van der Waals surface area contributed by atoms with E-state index < -0.39 is 0 Å². The molecule has 0 amide bonds. The van der Waals surface area contributed by atoms with Gasteiger partial charge in [-0.2, -0.15) is 0 Å². The molecule has 1 atom stereocenters. The second-order valence-electron chi connectivity index (χ2n) is 2.33. The molecule has 0 bridgehead atoms. The van der Waals surface area contributed by atoms with Crippen LogP contribution in [0.25, 0.3) is 0 Å². The van der Waals surface area contributed by atoms with Crippen molar-refractivity contribution in [1.29, 1.82) is 0 Å². The summed E-state index contributed by atoms with van der Waals surface area (Å²) in [7, 11) is 0. The van der Waals surface area contributed by atoms with Crippen LogP contribution in [0.15, 0.2) is 0 Å². The standard InChI is InChI=1S/C6H10O2/c1-5-2-3-6(7)8-4-5/h5H,2-4H2,1H3/t5-/m0/s1. The van der Waals surface area contributed by atoms with E-state index in [0.29, 0.717) is 18.9 Å². The highest BCUT2D eigenvalue weighted by atomic mass is 16.5. The van der Waals surface area contributed by atoms with Crippen molar-refractivity contribution in [3.05, 3.63) is 0 Å². The lowest BCUT2D eigenvalue weighted by Crippen LogP contribution is -2.18. The maximum atomic E-state index is 10.4. The van der Waals surface area contributed by atoms with Crippen LogP contribution in [0, 0.1) is 5.92 Å². The highest BCUT2D eigenvalue weighted by Crippen LogP contribution is 2.12. The van der Waals surface area contributed by atoms with Gasteiger partial charge in [-0.15, -0.1) is 0 Å². The van der Waals surface area contributed by atoms with Gasteiger partial charge in [0.05, 0.1) is 6.61 Å². The fourth-order valence-electron chi connectivity index (χ4n) is 0.755. The summed E-state index contributed by atoms with van der Waals surface area (Å²) in [5, 5.41) is 0. The Morgan fingerprint density at radius 1 is 1.75 bits per heavy atom. The molecule has 8 heavy (non-hydrogen) atoms. The van der Waals surface area contributed by atoms with Gasteiger partial charge in [-0.1, -0.05) is 6.92 Å². The van der Waals surface area contributed by atoms with Gasteiger partial charge in [-0.3, -0.25) is 4.79 Å². The maximum Gasteiger partial charge on any atom is 0.305 e. The summed E-state index contributed by atoms with van der Waals surface area (Å²) in [6.07, 6.45) is 1.61. The fraction of sp³-hybridized carbons (Fsp3) is 0.833. The SMILES string of the molecule is C[C@H]1CCC(=O)OC1. The van der Waals surface area contributed by atoms with Gasteiger partial charge in [0.15, 0.2) is 0 Å². The Morgan fingerprint density at radius 3 is 2.88 bits per heavy atom. The summed E-state index contributed by atoms with van der Waals surface area (Å²) in [4.78, 5) is 10.4. The van der Waals surface area contributed by atoms with Crippen LogP contribution in [-0.4, -0.2) is 12.6 Å². The molecule has 1 fully saturated rings. The fourth-order valence-corrected chi connectivity index (χ4v) is 0.755.